The van der Waals surface area contributed by atoms with Crippen LogP contribution in [0.15, 0.2) is 48.6 Å². The lowest BCUT2D eigenvalue weighted by Gasteiger charge is -2.52. The molecule has 1 saturated carbocycles. The van der Waals surface area contributed by atoms with E-state index in [2.05, 4.69) is 56.1 Å². The van der Waals surface area contributed by atoms with Gasteiger partial charge in [-0.3, -0.25) is 9.69 Å². The van der Waals surface area contributed by atoms with Crippen molar-refractivity contribution in [1.82, 2.24) is 19.8 Å². The Kier molecular flexibility index (Phi) is 12.0. The minimum absolute atomic E-state index is 0.222. The fraction of sp³-hybridized carbons (Fsp3) is 0.643. The van der Waals surface area contributed by atoms with Crippen molar-refractivity contribution in [2.24, 2.45) is 17.8 Å². The number of likely N-dealkylation sites (N-methyl/N-ethyl adjacent to an activating group) is 1. The number of halogens is 1. The van der Waals surface area contributed by atoms with Crippen LogP contribution in [-0.2, 0) is 26.6 Å². The molecule has 1 spiro atoms. The number of allylic oxidation sites excluding steroid dienone is 1. The average molecular weight is 782 g/mol. The second-order valence-electron chi connectivity index (χ2n) is 16.9. The van der Waals surface area contributed by atoms with Crippen LogP contribution in [0.5, 0.6) is 5.75 Å². The topological polar surface area (TPSA) is 103 Å². The summed E-state index contributed by atoms with van der Waals surface area (Å²) < 4.78 is 43.2. The van der Waals surface area contributed by atoms with Crippen LogP contribution < -0.4 is 19.7 Å². The smallest absolute Gasteiger partial charge is 0.264 e. The van der Waals surface area contributed by atoms with Crippen molar-refractivity contribution in [1.29, 1.82) is 0 Å². The number of fused-ring (bicyclic) bond motifs is 4. The van der Waals surface area contributed by atoms with Crippen molar-refractivity contribution < 1.29 is 22.7 Å². The molecule has 0 aromatic heterocycles. The summed E-state index contributed by atoms with van der Waals surface area (Å²) in [6.07, 6.45) is 11.2. The van der Waals surface area contributed by atoms with Crippen LogP contribution >= 0.6 is 11.6 Å². The molecule has 0 unspecified atom stereocenters. The fourth-order valence-corrected chi connectivity index (χ4v) is 11.2. The Bertz CT molecular complexity index is 1810. The Morgan fingerprint density at radius 2 is 1.87 bits per heavy atom. The van der Waals surface area contributed by atoms with Crippen LogP contribution in [0.1, 0.15) is 73.9 Å². The van der Waals surface area contributed by atoms with Gasteiger partial charge in [0.05, 0.1) is 17.5 Å². The highest BCUT2D eigenvalue weighted by atomic mass is 35.5. The van der Waals surface area contributed by atoms with Crippen molar-refractivity contribution >= 4 is 33.2 Å². The Morgan fingerprint density at radius 1 is 1.04 bits per heavy atom. The molecular weight excluding hydrogens is 722 g/mol. The van der Waals surface area contributed by atoms with Crippen LogP contribution in [0.4, 0.5) is 5.69 Å². The fourth-order valence-electron chi connectivity index (χ4n) is 9.74. The molecule has 2 N–H and O–H groups in total. The lowest BCUT2D eigenvalue weighted by atomic mass is 9.63. The van der Waals surface area contributed by atoms with Gasteiger partial charge in [-0.15, -0.1) is 0 Å². The first-order chi connectivity index (χ1) is 25.9. The first-order valence-corrected chi connectivity index (χ1v) is 22.1. The summed E-state index contributed by atoms with van der Waals surface area (Å²) in [5.41, 5.74) is 2.88. The zero-order valence-electron chi connectivity index (χ0n) is 32.6. The highest BCUT2D eigenvalue weighted by Gasteiger charge is 2.50. The standard InChI is InChI=1S/C42H60ClN5O5S/c1-30-8-5-17-42(52-4,28-47-21-7-20-46(3)22-18-44-19-23-47)37-13-10-34(37)26-48-27-41(16-6-9-32-24-35(43)12-14-36(32)41)29-53-39-15-11-33(25-38(39)48)40(49)45-54(50,51)31(30)2/h5,11-12,14-15,17,24-25,30-31,34,37,44H,6-10,13,16,18-23,26-29H2,1-4H3,(H,45,49)/b17-5+/t30-,31+,34-,37+,41+,42+/m0/s1. The third kappa shape index (κ3) is 8.23. The molecule has 2 bridgehead atoms. The molecule has 10 nitrogen and oxygen atoms in total. The SMILES string of the molecule is CO[C@@]1(CN2CCCN(C)CCNCC2)/C=C/C[C@H](C)[C@@H](C)S(=O)(=O)NC(=O)c2ccc3c(c2)N(C[C@@H]2CC[C@H]21)C[C@]1(CCCc2cc(Cl)ccc21)CO3. The number of aryl methyl sites for hydroxylation is 1. The number of rotatable bonds is 3. The van der Waals surface area contributed by atoms with Crippen molar-refractivity contribution in [3.8, 4) is 5.75 Å². The molecule has 1 amide bonds. The van der Waals surface area contributed by atoms with E-state index in [9.17, 15) is 13.2 Å². The minimum Gasteiger partial charge on any atom is -0.490 e. The zero-order valence-corrected chi connectivity index (χ0v) is 34.2. The predicted molar refractivity (Wildman–Crippen MR) is 216 cm³/mol. The third-order valence-electron chi connectivity index (χ3n) is 13.4. The average Bonchev–Trinajstić information content (AvgIpc) is 3.28. The Morgan fingerprint density at radius 3 is 2.67 bits per heavy atom. The van der Waals surface area contributed by atoms with Crippen LogP contribution in [0, 0.1) is 17.8 Å². The number of methoxy groups -OCH3 is 1. The normalized spacial score (nSPS) is 33.3. The van der Waals surface area contributed by atoms with Crippen LogP contribution in [0.3, 0.4) is 0 Å². The molecule has 12 heteroatoms. The molecule has 3 heterocycles. The summed E-state index contributed by atoms with van der Waals surface area (Å²) in [6.45, 7) is 12.3. The van der Waals surface area contributed by atoms with Crippen molar-refractivity contribution in [3.63, 3.8) is 0 Å². The van der Waals surface area contributed by atoms with Gasteiger partial charge in [0.15, 0.2) is 0 Å². The lowest BCUT2D eigenvalue weighted by molar-refractivity contribution is -0.0917. The van der Waals surface area contributed by atoms with Gasteiger partial charge in [-0.25, -0.2) is 13.1 Å². The summed E-state index contributed by atoms with van der Waals surface area (Å²) in [5, 5.41) is 3.60. The molecule has 5 aliphatic rings. The number of hydrogen-bond donors (Lipinski definition) is 2. The summed E-state index contributed by atoms with van der Waals surface area (Å²) in [5.74, 6) is 0.464. The van der Waals surface area contributed by atoms with Crippen molar-refractivity contribution in [3.05, 3.63) is 70.3 Å². The van der Waals surface area contributed by atoms with E-state index in [1.807, 2.05) is 32.2 Å². The van der Waals surface area contributed by atoms with E-state index in [-0.39, 0.29) is 17.3 Å². The van der Waals surface area contributed by atoms with Crippen LogP contribution in [0.25, 0.3) is 0 Å². The van der Waals surface area contributed by atoms with Gasteiger partial charge in [0, 0.05) is 68.9 Å². The number of ether oxygens (including phenoxy) is 2. The predicted octanol–water partition coefficient (Wildman–Crippen LogP) is 5.50. The highest BCUT2D eigenvalue weighted by Crippen LogP contribution is 2.49. The van der Waals surface area contributed by atoms with Crippen LogP contribution in [-0.4, -0.2) is 115 Å². The molecule has 6 atom stereocenters. The molecular formula is C42H60ClN5O5S. The summed E-state index contributed by atoms with van der Waals surface area (Å²) in [4.78, 5) is 21.1. The molecule has 2 aromatic carbocycles. The Labute approximate surface area is 328 Å². The Balaban J connectivity index is 1.29. The van der Waals surface area contributed by atoms with Crippen LogP contribution in [0.2, 0.25) is 5.02 Å². The van der Waals surface area contributed by atoms with E-state index in [1.54, 1.807) is 13.0 Å². The Hall–Kier alpha value is -2.67. The summed E-state index contributed by atoms with van der Waals surface area (Å²) in [7, 11) is 0.0950. The van der Waals surface area contributed by atoms with E-state index in [1.165, 1.54) is 11.1 Å². The van der Waals surface area contributed by atoms with Gasteiger partial charge >= 0.3 is 0 Å². The molecule has 54 heavy (non-hydrogen) atoms. The number of nitrogens with zero attached hydrogens (tertiary/aromatic N) is 3. The number of carbonyl (C=O) groups is 1. The number of benzene rings is 2. The van der Waals surface area contributed by atoms with Gasteiger partial charge in [-0.05, 0) is 131 Å². The number of nitrogens with one attached hydrogen (secondary N) is 2. The van der Waals surface area contributed by atoms with Gasteiger partial charge in [0.1, 0.15) is 11.4 Å². The zero-order chi connectivity index (χ0) is 38.1. The maximum absolute atomic E-state index is 13.7. The maximum atomic E-state index is 13.7. The maximum Gasteiger partial charge on any atom is 0.264 e. The molecule has 2 aliphatic carbocycles. The third-order valence-corrected chi connectivity index (χ3v) is 15.5. The van der Waals surface area contributed by atoms with Gasteiger partial charge in [-0.1, -0.05) is 36.7 Å². The quantitative estimate of drug-likeness (QED) is 0.392. The minimum atomic E-state index is -3.96. The number of sulfonamides is 1. The van der Waals surface area contributed by atoms with Gasteiger partial charge in [0.25, 0.3) is 5.91 Å². The van der Waals surface area contributed by atoms with E-state index in [0.717, 1.165) is 108 Å². The second kappa shape index (κ2) is 16.4. The van der Waals surface area contributed by atoms with E-state index in [4.69, 9.17) is 21.1 Å². The van der Waals surface area contributed by atoms with Crippen molar-refractivity contribution in [2.45, 2.75) is 75.1 Å². The molecule has 3 aliphatic heterocycles. The molecule has 2 aromatic rings. The first-order valence-electron chi connectivity index (χ1n) is 20.1. The van der Waals surface area contributed by atoms with E-state index in [0.29, 0.717) is 30.3 Å². The van der Waals surface area contributed by atoms with Gasteiger partial charge in [-0.2, -0.15) is 0 Å². The number of anilines is 1. The van der Waals surface area contributed by atoms with Gasteiger partial charge < -0.3 is 24.6 Å². The number of hydrogen-bond acceptors (Lipinski definition) is 9. The van der Waals surface area contributed by atoms with E-state index >= 15 is 0 Å². The van der Waals surface area contributed by atoms with Gasteiger partial charge in [0.2, 0.25) is 10.0 Å². The van der Waals surface area contributed by atoms with E-state index < -0.39 is 26.8 Å². The molecule has 0 radical (unpaired) electrons. The molecule has 2 fully saturated rings. The molecule has 7 rings (SSSR count). The first kappa shape index (κ1) is 39.6. The largest absolute Gasteiger partial charge is 0.490 e. The summed E-state index contributed by atoms with van der Waals surface area (Å²) in [6, 6.07) is 11.7. The lowest BCUT2D eigenvalue weighted by Crippen LogP contribution is -2.57. The molecule has 296 valence electrons. The number of carbonyl (C=O) groups excluding carboxylic acids is 1. The number of amides is 1. The highest BCUT2D eigenvalue weighted by molar-refractivity contribution is 7.90. The summed E-state index contributed by atoms with van der Waals surface area (Å²) >= 11 is 6.52. The molecule has 1 saturated heterocycles. The van der Waals surface area contributed by atoms with Crippen molar-refractivity contribution in [2.75, 3.05) is 84.6 Å². The monoisotopic (exact) mass is 781 g/mol. The second-order valence-corrected chi connectivity index (χ2v) is 19.3.